The van der Waals surface area contributed by atoms with Crippen LogP contribution < -0.4 is 5.32 Å². The summed E-state index contributed by atoms with van der Waals surface area (Å²) in [4.78, 5) is 0. The molecule has 1 unspecified atom stereocenters. The largest absolute Gasteiger partial charge is 0.308 e. The van der Waals surface area contributed by atoms with Crippen LogP contribution in [0.2, 0.25) is 0 Å². The summed E-state index contributed by atoms with van der Waals surface area (Å²) in [5, 5.41) is 14.5. The minimum Gasteiger partial charge on any atom is -0.308 e. The Hall–Kier alpha value is -1.26. The van der Waals surface area contributed by atoms with E-state index in [9.17, 15) is 0 Å². The highest BCUT2D eigenvalue weighted by atomic mass is 32.1. The van der Waals surface area contributed by atoms with Crippen LogP contribution in [-0.4, -0.2) is 16.7 Å². The average Bonchev–Trinajstić information content (AvgIpc) is 2.92. The Bertz CT molecular complexity index is 577. The molecule has 0 bridgehead atoms. The maximum absolute atomic E-state index is 4.39. The summed E-state index contributed by atoms with van der Waals surface area (Å²) < 4.78 is 0. The lowest BCUT2D eigenvalue weighted by Gasteiger charge is -2.12. The normalized spacial score (nSPS) is 12.6. The second-order valence-electron chi connectivity index (χ2n) is 5.56. The van der Waals surface area contributed by atoms with Crippen molar-refractivity contribution in [1.29, 1.82) is 0 Å². The monoisotopic (exact) mass is 303 g/mol. The van der Waals surface area contributed by atoms with Gasteiger partial charge in [-0.05, 0) is 44.4 Å². The van der Waals surface area contributed by atoms with Crippen LogP contribution in [-0.2, 0) is 6.42 Å². The van der Waals surface area contributed by atoms with Gasteiger partial charge in [0.25, 0.3) is 0 Å². The van der Waals surface area contributed by atoms with Gasteiger partial charge in [0.15, 0.2) is 0 Å². The minimum absolute atomic E-state index is 0.342. The van der Waals surface area contributed by atoms with Crippen LogP contribution in [0.4, 0.5) is 0 Å². The van der Waals surface area contributed by atoms with E-state index in [1.54, 1.807) is 11.3 Å². The van der Waals surface area contributed by atoms with Crippen LogP contribution in [0.3, 0.4) is 0 Å². The van der Waals surface area contributed by atoms with Gasteiger partial charge in [0.1, 0.15) is 10.0 Å². The molecule has 0 aliphatic heterocycles. The zero-order valence-electron chi connectivity index (χ0n) is 13.4. The molecule has 0 spiro atoms. The van der Waals surface area contributed by atoms with Gasteiger partial charge in [-0.3, -0.25) is 0 Å². The van der Waals surface area contributed by atoms with Crippen molar-refractivity contribution in [3.63, 3.8) is 0 Å². The van der Waals surface area contributed by atoms with E-state index in [0.717, 1.165) is 35.8 Å². The van der Waals surface area contributed by atoms with Gasteiger partial charge in [0.2, 0.25) is 0 Å². The Morgan fingerprint density at radius 2 is 2.00 bits per heavy atom. The molecule has 0 saturated heterocycles. The van der Waals surface area contributed by atoms with E-state index in [0.29, 0.717) is 6.04 Å². The molecule has 1 N–H and O–H groups in total. The van der Waals surface area contributed by atoms with Crippen LogP contribution in [0.15, 0.2) is 18.2 Å². The zero-order valence-corrected chi connectivity index (χ0v) is 14.3. The third-order valence-electron chi connectivity index (χ3n) is 3.68. The number of nitrogens with one attached hydrogen (secondary N) is 1. The SMILES string of the molecule is CCCNC(CC)c1nnc(Cc2cc(C)ccc2C)s1. The molecule has 0 fully saturated rings. The van der Waals surface area contributed by atoms with E-state index < -0.39 is 0 Å². The average molecular weight is 303 g/mol. The fourth-order valence-electron chi connectivity index (χ4n) is 2.36. The highest BCUT2D eigenvalue weighted by Gasteiger charge is 2.14. The Labute approximate surface area is 131 Å². The highest BCUT2D eigenvalue weighted by molar-refractivity contribution is 7.11. The summed E-state index contributed by atoms with van der Waals surface area (Å²) in [6, 6.07) is 6.94. The Morgan fingerprint density at radius 1 is 1.19 bits per heavy atom. The smallest absolute Gasteiger partial charge is 0.134 e. The van der Waals surface area contributed by atoms with Crippen LogP contribution in [0.25, 0.3) is 0 Å². The summed E-state index contributed by atoms with van der Waals surface area (Å²) in [7, 11) is 0. The van der Waals surface area contributed by atoms with E-state index in [4.69, 9.17) is 0 Å². The summed E-state index contributed by atoms with van der Waals surface area (Å²) in [5.41, 5.74) is 3.98. The highest BCUT2D eigenvalue weighted by Crippen LogP contribution is 2.23. The number of nitrogens with zero attached hydrogens (tertiary/aromatic N) is 2. The summed E-state index contributed by atoms with van der Waals surface area (Å²) >= 11 is 1.74. The quantitative estimate of drug-likeness (QED) is 0.833. The second-order valence-corrected chi connectivity index (χ2v) is 6.65. The van der Waals surface area contributed by atoms with Gasteiger partial charge in [-0.2, -0.15) is 0 Å². The van der Waals surface area contributed by atoms with E-state index in [1.165, 1.54) is 16.7 Å². The lowest BCUT2D eigenvalue weighted by molar-refractivity contribution is 0.513. The molecule has 0 radical (unpaired) electrons. The number of rotatable bonds is 7. The molecule has 0 amide bonds. The van der Waals surface area contributed by atoms with Crippen molar-refractivity contribution < 1.29 is 0 Å². The molecule has 4 heteroatoms. The van der Waals surface area contributed by atoms with Crippen molar-refractivity contribution in [2.24, 2.45) is 0 Å². The van der Waals surface area contributed by atoms with Gasteiger partial charge in [-0.15, -0.1) is 10.2 Å². The second kappa shape index (κ2) is 7.66. The third kappa shape index (κ3) is 4.35. The van der Waals surface area contributed by atoms with Crippen molar-refractivity contribution >= 4 is 11.3 Å². The van der Waals surface area contributed by atoms with Gasteiger partial charge in [-0.25, -0.2) is 0 Å². The Kier molecular flexibility index (Phi) is 5.88. The van der Waals surface area contributed by atoms with Crippen molar-refractivity contribution in [2.45, 2.75) is 53.0 Å². The summed E-state index contributed by atoms with van der Waals surface area (Å²) in [6.45, 7) is 9.71. The van der Waals surface area contributed by atoms with Crippen LogP contribution >= 0.6 is 11.3 Å². The number of aromatic nitrogens is 2. The summed E-state index contributed by atoms with van der Waals surface area (Å²) in [6.07, 6.45) is 3.08. The first kappa shape index (κ1) is 16.1. The van der Waals surface area contributed by atoms with Crippen molar-refractivity contribution in [3.05, 3.63) is 44.9 Å². The number of benzene rings is 1. The summed E-state index contributed by atoms with van der Waals surface area (Å²) in [5.74, 6) is 0. The molecular weight excluding hydrogens is 278 g/mol. The fraction of sp³-hybridized carbons (Fsp3) is 0.529. The van der Waals surface area contributed by atoms with Gasteiger partial charge in [0.05, 0.1) is 6.04 Å². The molecule has 1 aromatic heterocycles. The van der Waals surface area contributed by atoms with E-state index in [2.05, 4.69) is 61.4 Å². The molecule has 1 aromatic carbocycles. The molecule has 1 heterocycles. The molecule has 2 rings (SSSR count). The van der Waals surface area contributed by atoms with Gasteiger partial charge in [0, 0.05) is 6.42 Å². The van der Waals surface area contributed by atoms with Crippen molar-refractivity contribution in [1.82, 2.24) is 15.5 Å². The predicted octanol–water partition coefficient (Wildman–Crippen LogP) is 4.20. The zero-order chi connectivity index (χ0) is 15.2. The van der Waals surface area contributed by atoms with Crippen LogP contribution in [0.5, 0.6) is 0 Å². The number of hydrogen-bond acceptors (Lipinski definition) is 4. The van der Waals surface area contributed by atoms with Gasteiger partial charge in [-0.1, -0.05) is 48.9 Å². The molecule has 0 aliphatic rings. The lowest BCUT2D eigenvalue weighted by atomic mass is 10.0. The lowest BCUT2D eigenvalue weighted by Crippen LogP contribution is -2.21. The number of hydrogen-bond donors (Lipinski definition) is 1. The Balaban J connectivity index is 2.10. The van der Waals surface area contributed by atoms with E-state index in [1.807, 2.05) is 0 Å². The van der Waals surface area contributed by atoms with Crippen molar-refractivity contribution in [2.75, 3.05) is 6.54 Å². The first-order chi connectivity index (χ1) is 10.1. The van der Waals surface area contributed by atoms with Crippen LogP contribution in [0, 0.1) is 13.8 Å². The topological polar surface area (TPSA) is 37.8 Å². The maximum atomic E-state index is 4.39. The molecule has 2 aromatic rings. The molecule has 114 valence electrons. The predicted molar refractivity (Wildman–Crippen MR) is 90.0 cm³/mol. The van der Waals surface area contributed by atoms with Gasteiger partial charge >= 0.3 is 0 Å². The molecule has 1 atom stereocenters. The maximum Gasteiger partial charge on any atom is 0.134 e. The molecule has 0 aliphatic carbocycles. The molecule has 21 heavy (non-hydrogen) atoms. The molecular formula is C17H25N3S. The molecule has 3 nitrogen and oxygen atoms in total. The van der Waals surface area contributed by atoms with Crippen molar-refractivity contribution in [3.8, 4) is 0 Å². The fourth-order valence-corrected chi connectivity index (χ4v) is 3.38. The third-order valence-corrected chi connectivity index (χ3v) is 4.71. The van der Waals surface area contributed by atoms with Crippen LogP contribution in [0.1, 0.15) is 59.4 Å². The standard InChI is InChI=1S/C17H25N3S/c1-5-9-18-15(6-2)17-20-19-16(21-17)11-14-10-12(3)7-8-13(14)4/h7-8,10,15,18H,5-6,9,11H2,1-4H3. The van der Waals surface area contributed by atoms with E-state index >= 15 is 0 Å². The number of aryl methyl sites for hydroxylation is 2. The van der Waals surface area contributed by atoms with E-state index in [-0.39, 0.29) is 0 Å². The molecule has 0 saturated carbocycles. The van der Waals surface area contributed by atoms with Gasteiger partial charge < -0.3 is 5.32 Å². The first-order valence-electron chi connectivity index (χ1n) is 7.75. The minimum atomic E-state index is 0.342. The first-order valence-corrected chi connectivity index (χ1v) is 8.57. The Morgan fingerprint density at radius 3 is 2.71 bits per heavy atom.